The molecule has 1 fully saturated rings. The number of pyridine rings is 1. The van der Waals surface area contributed by atoms with E-state index < -0.39 is 5.82 Å². The smallest absolute Gasteiger partial charge is 0.295 e. The Bertz CT molecular complexity index is 1360. The van der Waals surface area contributed by atoms with Gasteiger partial charge in [-0.1, -0.05) is 36.4 Å². The van der Waals surface area contributed by atoms with E-state index in [0.717, 1.165) is 5.56 Å². The second-order valence-corrected chi connectivity index (χ2v) is 7.95. The van der Waals surface area contributed by atoms with Gasteiger partial charge in [-0.3, -0.25) is 14.2 Å². The molecule has 7 nitrogen and oxygen atoms in total. The van der Waals surface area contributed by atoms with Crippen molar-refractivity contribution in [3.05, 3.63) is 100 Å². The summed E-state index contributed by atoms with van der Waals surface area (Å²) in [6.45, 7) is 2.14. The molecule has 3 heterocycles. The Labute approximate surface area is 189 Å². The number of amides is 1. The highest BCUT2D eigenvalue weighted by Gasteiger charge is 2.26. The fourth-order valence-electron chi connectivity index (χ4n) is 4.11. The highest BCUT2D eigenvalue weighted by molar-refractivity contribution is 5.94. The van der Waals surface area contributed by atoms with Gasteiger partial charge in [-0.25, -0.2) is 14.4 Å². The second kappa shape index (κ2) is 8.82. The maximum atomic E-state index is 13.5. The molecule has 4 aromatic rings. The maximum Gasteiger partial charge on any atom is 0.295 e. The predicted molar refractivity (Wildman–Crippen MR) is 124 cm³/mol. The molecule has 0 unspecified atom stereocenters. The van der Waals surface area contributed by atoms with Crippen LogP contribution < -0.4 is 10.5 Å². The minimum absolute atomic E-state index is 0.213. The van der Waals surface area contributed by atoms with Gasteiger partial charge in [-0.15, -0.1) is 0 Å². The van der Waals surface area contributed by atoms with Gasteiger partial charge >= 0.3 is 0 Å². The van der Waals surface area contributed by atoms with Gasteiger partial charge in [-0.05, 0) is 35.9 Å². The number of rotatable bonds is 4. The van der Waals surface area contributed by atoms with E-state index in [4.69, 9.17) is 0 Å². The van der Waals surface area contributed by atoms with Gasteiger partial charge in [0.15, 0.2) is 11.5 Å². The Morgan fingerprint density at radius 1 is 0.939 bits per heavy atom. The van der Waals surface area contributed by atoms with Gasteiger partial charge in [0.25, 0.3) is 11.5 Å². The molecule has 1 amide bonds. The first kappa shape index (κ1) is 20.8. The number of benzene rings is 2. The first-order valence-electron chi connectivity index (χ1n) is 10.8. The zero-order valence-corrected chi connectivity index (χ0v) is 17.9. The quantitative estimate of drug-likeness (QED) is 0.485. The van der Waals surface area contributed by atoms with Crippen LogP contribution in [-0.4, -0.2) is 51.5 Å². The molecular weight excluding hydrogens is 421 g/mol. The van der Waals surface area contributed by atoms with E-state index in [2.05, 4.69) is 9.97 Å². The Morgan fingerprint density at radius 3 is 2.48 bits per heavy atom. The topological polar surface area (TPSA) is 71.3 Å². The average Bonchev–Trinajstić information content (AvgIpc) is 2.86. The first-order valence-corrected chi connectivity index (χ1v) is 10.8. The third-order valence-corrected chi connectivity index (χ3v) is 5.81. The van der Waals surface area contributed by atoms with Gasteiger partial charge in [0.1, 0.15) is 11.3 Å². The van der Waals surface area contributed by atoms with E-state index in [1.165, 1.54) is 18.2 Å². The molecule has 0 spiro atoms. The molecule has 166 valence electrons. The molecule has 2 aromatic heterocycles. The van der Waals surface area contributed by atoms with E-state index >= 15 is 0 Å². The zero-order valence-electron chi connectivity index (χ0n) is 17.9. The lowest BCUT2D eigenvalue weighted by atomic mass is 10.1. The molecule has 0 bridgehead atoms. The van der Waals surface area contributed by atoms with Crippen molar-refractivity contribution >= 4 is 22.9 Å². The van der Waals surface area contributed by atoms with Crippen LogP contribution in [-0.2, 0) is 6.54 Å². The number of carbonyl (C=O) groups excluding carboxylic acids is 1. The number of halogens is 1. The number of carbonyl (C=O) groups is 1. The normalized spacial score (nSPS) is 14.0. The van der Waals surface area contributed by atoms with Crippen molar-refractivity contribution in [1.29, 1.82) is 0 Å². The van der Waals surface area contributed by atoms with Crippen molar-refractivity contribution in [3.8, 4) is 0 Å². The third kappa shape index (κ3) is 4.19. The summed E-state index contributed by atoms with van der Waals surface area (Å²) < 4.78 is 15.2. The van der Waals surface area contributed by atoms with Crippen molar-refractivity contribution < 1.29 is 9.18 Å². The van der Waals surface area contributed by atoms with Crippen molar-refractivity contribution in [2.75, 3.05) is 31.1 Å². The summed E-state index contributed by atoms with van der Waals surface area (Å²) in [5.74, 6) is -0.303. The summed E-state index contributed by atoms with van der Waals surface area (Å²) in [6.07, 6.45) is 1.65. The van der Waals surface area contributed by atoms with Crippen LogP contribution in [0.15, 0.2) is 77.7 Å². The number of hydrogen-bond acceptors (Lipinski definition) is 5. The fourth-order valence-corrected chi connectivity index (χ4v) is 4.11. The first-order chi connectivity index (χ1) is 16.1. The van der Waals surface area contributed by atoms with E-state index in [-0.39, 0.29) is 11.5 Å². The Hall–Kier alpha value is -4.07. The van der Waals surface area contributed by atoms with Gasteiger partial charge in [-0.2, -0.15) is 0 Å². The summed E-state index contributed by atoms with van der Waals surface area (Å²) in [4.78, 5) is 38.8. The number of anilines is 1. The highest BCUT2D eigenvalue weighted by atomic mass is 19.1. The molecule has 1 saturated heterocycles. The SMILES string of the molecule is O=C(c1cccc(F)c1)N1CCN(c2nc3cccnc3n(Cc3ccccc3)c2=O)CC1. The summed E-state index contributed by atoms with van der Waals surface area (Å²) >= 11 is 0. The monoisotopic (exact) mass is 443 g/mol. The van der Waals surface area contributed by atoms with Crippen LogP contribution >= 0.6 is 0 Å². The molecule has 2 aromatic carbocycles. The van der Waals surface area contributed by atoms with Gasteiger partial charge < -0.3 is 9.80 Å². The fraction of sp³-hybridized carbons (Fsp3) is 0.200. The Balaban J connectivity index is 1.42. The second-order valence-electron chi connectivity index (χ2n) is 7.95. The molecular formula is C25H22FN5O2. The van der Waals surface area contributed by atoms with E-state index in [1.54, 1.807) is 27.8 Å². The molecule has 0 N–H and O–H groups in total. The molecule has 1 aliphatic heterocycles. The lowest BCUT2D eigenvalue weighted by Gasteiger charge is -2.35. The number of hydrogen-bond donors (Lipinski definition) is 0. The zero-order chi connectivity index (χ0) is 22.8. The van der Waals surface area contributed by atoms with Gasteiger partial charge in [0.2, 0.25) is 0 Å². The molecule has 8 heteroatoms. The summed E-state index contributed by atoms with van der Waals surface area (Å²) in [7, 11) is 0. The van der Waals surface area contributed by atoms with Crippen LogP contribution in [0.5, 0.6) is 0 Å². The van der Waals surface area contributed by atoms with Crippen LogP contribution in [0.1, 0.15) is 15.9 Å². The molecule has 0 aliphatic carbocycles. The van der Waals surface area contributed by atoms with Gasteiger partial charge in [0, 0.05) is 37.9 Å². The summed E-state index contributed by atoms with van der Waals surface area (Å²) in [6, 6.07) is 19.1. The maximum absolute atomic E-state index is 13.5. The van der Waals surface area contributed by atoms with Crippen LogP contribution in [0.4, 0.5) is 10.2 Å². The third-order valence-electron chi connectivity index (χ3n) is 5.81. The molecule has 5 rings (SSSR count). The number of piperazine rings is 1. The van der Waals surface area contributed by atoms with Crippen LogP contribution in [0.2, 0.25) is 0 Å². The van der Waals surface area contributed by atoms with Crippen LogP contribution in [0.25, 0.3) is 11.2 Å². The molecule has 33 heavy (non-hydrogen) atoms. The lowest BCUT2D eigenvalue weighted by molar-refractivity contribution is 0.0746. The van der Waals surface area contributed by atoms with E-state index in [0.29, 0.717) is 55.3 Å². The Kier molecular flexibility index (Phi) is 5.56. The largest absolute Gasteiger partial charge is 0.348 e. The Morgan fingerprint density at radius 2 is 1.73 bits per heavy atom. The predicted octanol–water partition coefficient (Wildman–Crippen LogP) is 2.94. The highest BCUT2D eigenvalue weighted by Crippen LogP contribution is 2.17. The van der Waals surface area contributed by atoms with E-state index in [1.807, 2.05) is 41.3 Å². The number of nitrogens with zero attached hydrogens (tertiary/aromatic N) is 5. The standard InChI is InChI=1S/C25H22FN5O2/c26-20-9-4-8-19(16-20)24(32)30-14-12-29(13-15-30)23-25(33)31(17-18-6-2-1-3-7-18)22-21(28-23)10-5-11-27-22/h1-11,16H,12-15,17H2. The number of aromatic nitrogens is 3. The lowest BCUT2D eigenvalue weighted by Crippen LogP contribution is -2.50. The molecule has 0 radical (unpaired) electrons. The van der Waals surface area contributed by atoms with Crippen molar-refractivity contribution in [2.45, 2.75) is 6.54 Å². The minimum atomic E-state index is -0.438. The summed E-state index contributed by atoms with van der Waals surface area (Å²) in [5, 5.41) is 0. The number of fused-ring (bicyclic) bond motifs is 1. The van der Waals surface area contributed by atoms with Crippen molar-refractivity contribution in [2.24, 2.45) is 0 Å². The molecule has 0 saturated carbocycles. The van der Waals surface area contributed by atoms with Crippen molar-refractivity contribution in [3.63, 3.8) is 0 Å². The van der Waals surface area contributed by atoms with Gasteiger partial charge in [0.05, 0.1) is 6.54 Å². The molecule has 1 aliphatic rings. The van der Waals surface area contributed by atoms with E-state index in [9.17, 15) is 14.0 Å². The minimum Gasteiger partial charge on any atom is -0.348 e. The van der Waals surface area contributed by atoms with Crippen molar-refractivity contribution in [1.82, 2.24) is 19.4 Å². The van der Waals surface area contributed by atoms with Crippen LogP contribution in [0.3, 0.4) is 0 Å². The molecule has 0 atom stereocenters. The average molecular weight is 443 g/mol. The van der Waals surface area contributed by atoms with Crippen LogP contribution in [0, 0.1) is 5.82 Å². The summed E-state index contributed by atoms with van der Waals surface area (Å²) in [5.41, 5.74) is 2.28.